The fraction of sp³-hybridized carbons (Fsp3) is 0.0952. The van der Waals surface area contributed by atoms with Gasteiger partial charge in [0.1, 0.15) is 0 Å². The van der Waals surface area contributed by atoms with Gasteiger partial charge in [-0.3, -0.25) is 0 Å². The van der Waals surface area contributed by atoms with Crippen molar-refractivity contribution in [1.82, 2.24) is 15.0 Å². The van der Waals surface area contributed by atoms with Crippen molar-refractivity contribution in [3.05, 3.63) is 83.1 Å². The Labute approximate surface area is 156 Å². The summed E-state index contributed by atoms with van der Waals surface area (Å²) in [7, 11) is 0. The molecule has 3 nitrogen and oxygen atoms in total. The highest BCUT2D eigenvalue weighted by molar-refractivity contribution is 9.10. The van der Waals surface area contributed by atoms with E-state index in [0.29, 0.717) is 17.5 Å². The molecule has 124 valence electrons. The summed E-state index contributed by atoms with van der Waals surface area (Å²) in [6.07, 6.45) is 6.00. The fourth-order valence-electron chi connectivity index (χ4n) is 2.46. The summed E-state index contributed by atoms with van der Waals surface area (Å²) in [4.78, 5) is 14.1. The number of benzene rings is 2. The van der Waals surface area contributed by atoms with Crippen molar-refractivity contribution in [3.8, 4) is 22.8 Å². The number of allylic oxidation sites excluding steroid dienone is 4. The number of hydrogen-bond donors (Lipinski definition) is 0. The monoisotopic (exact) mass is 391 g/mol. The Balaban J connectivity index is 2.21. The molecular formula is C21H18BrN3. The third-order valence-corrected chi connectivity index (χ3v) is 4.16. The van der Waals surface area contributed by atoms with Gasteiger partial charge in [0.25, 0.3) is 0 Å². The normalized spacial score (nSPS) is 11.9. The second-order valence-electron chi connectivity index (χ2n) is 5.43. The van der Waals surface area contributed by atoms with Gasteiger partial charge in [0.15, 0.2) is 17.5 Å². The third-order valence-electron chi connectivity index (χ3n) is 3.67. The van der Waals surface area contributed by atoms with Crippen LogP contribution in [0.2, 0.25) is 0 Å². The smallest absolute Gasteiger partial charge is 0.164 e. The molecule has 0 radical (unpaired) electrons. The predicted octanol–water partition coefficient (Wildman–Crippen LogP) is 5.95. The third kappa shape index (κ3) is 4.09. The largest absolute Gasteiger partial charge is 0.208 e. The van der Waals surface area contributed by atoms with Crippen LogP contribution in [0.15, 0.2) is 77.3 Å². The number of rotatable bonds is 4. The molecule has 0 fully saturated rings. The highest BCUT2D eigenvalue weighted by Gasteiger charge is 2.12. The maximum absolute atomic E-state index is 4.70. The van der Waals surface area contributed by atoms with Crippen molar-refractivity contribution in [1.29, 1.82) is 0 Å². The Kier molecular flexibility index (Phi) is 5.51. The molecule has 0 N–H and O–H groups in total. The maximum Gasteiger partial charge on any atom is 0.164 e. The van der Waals surface area contributed by atoms with E-state index < -0.39 is 0 Å². The molecule has 25 heavy (non-hydrogen) atoms. The molecular weight excluding hydrogens is 374 g/mol. The summed E-state index contributed by atoms with van der Waals surface area (Å²) in [5.74, 6) is 2.00. The van der Waals surface area contributed by atoms with Crippen LogP contribution in [0, 0.1) is 0 Å². The fourth-order valence-corrected chi connectivity index (χ4v) is 2.86. The Morgan fingerprint density at radius 2 is 1.52 bits per heavy atom. The molecule has 0 aliphatic heterocycles. The van der Waals surface area contributed by atoms with Crippen molar-refractivity contribution in [2.75, 3.05) is 0 Å². The number of hydrogen-bond acceptors (Lipinski definition) is 3. The van der Waals surface area contributed by atoms with Crippen molar-refractivity contribution in [3.63, 3.8) is 0 Å². The van der Waals surface area contributed by atoms with Gasteiger partial charge in [0, 0.05) is 21.2 Å². The first-order valence-corrected chi connectivity index (χ1v) is 8.87. The molecule has 0 spiro atoms. The SMILES string of the molecule is C/C=C\C(=C/C)c1nc(-c2ccccc2)nc(-c2cccc(Br)c2)n1. The summed E-state index contributed by atoms with van der Waals surface area (Å²) >= 11 is 3.52. The first-order chi connectivity index (χ1) is 12.2. The highest BCUT2D eigenvalue weighted by atomic mass is 79.9. The molecule has 0 atom stereocenters. The van der Waals surface area contributed by atoms with Crippen LogP contribution in [0.4, 0.5) is 0 Å². The highest BCUT2D eigenvalue weighted by Crippen LogP contribution is 2.24. The van der Waals surface area contributed by atoms with Crippen LogP contribution in [0.25, 0.3) is 28.3 Å². The van der Waals surface area contributed by atoms with Gasteiger partial charge in [-0.2, -0.15) is 0 Å². The average Bonchev–Trinajstić information content (AvgIpc) is 2.66. The van der Waals surface area contributed by atoms with E-state index in [1.807, 2.05) is 86.7 Å². The average molecular weight is 392 g/mol. The van der Waals surface area contributed by atoms with E-state index in [1.54, 1.807) is 0 Å². The molecule has 3 aromatic rings. The quantitative estimate of drug-likeness (QED) is 0.515. The summed E-state index contributed by atoms with van der Waals surface area (Å²) in [6.45, 7) is 3.97. The second-order valence-corrected chi connectivity index (χ2v) is 6.34. The Morgan fingerprint density at radius 1 is 0.840 bits per heavy atom. The summed E-state index contributed by atoms with van der Waals surface area (Å²) in [6, 6.07) is 18.0. The van der Waals surface area contributed by atoms with Crippen LogP contribution < -0.4 is 0 Å². The van der Waals surface area contributed by atoms with Crippen molar-refractivity contribution in [2.24, 2.45) is 0 Å². The first kappa shape index (κ1) is 17.2. The van der Waals surface area contributed by atoms with E-state index in [0.717, 1.165) is 21.2 Å². The van der Waals surface area contributed by atoms with Gasteiger partial charge in [-0.25, -0.2) is 15.0 Å². The van der Waals surface area contributed by atoms with Gasteiger partial charge in [-0.15, -0.1) is 0 Å². The second kappa shape index (κ2) is 7.99. The molecule has 0 aliphatic rings. The zero-order chi connectivity index (χ0) is 17.6. The van der Waals surface area contributed by atoms with Crippen molar-refractivity contribution in [2.45, 2.75) is 13.8 Å². The lowest BCUT2D eigenvalue weighted by molar-refractivity contribution is 1.04. The number of aromatic nitrogens is 3. The van der Waals surface area contributed by atoms with Gasteiger partial charge < -0.3 is 0 Å². The lowest BCUT2D eigenvalue weighted by Crippen LogP contribution is -2.02. The Morgan fingerprint density at radius 3 is 2.16 bits per heavy atom. The minimum absolute atomic E-state index is 0.661. The van der Waals surface area contributed by atoms with Crippen LogP contribution in [0.5, 0.6) is 0 Å². The molecule has 0 aliphatic carbocycles. The maximum atomic E-state index is 4.70. The molecule has 3 rings (SSSR count). The van der Waals surface area contributed by atoms with E-state index in [9.17, 15) is 0 Å². The lowest BCUT2D eigenvalue weighted by Gasteiger charge is -2.08. The lowest BCUT2D eigenvalue weighted by atomic mass is 10.1. The predicted molar refractivity (Wildman–Crippen MR) is 107 cm³/mol. The van der Waals surface area contributed by atoms with Crippen LogP contribution in [-0.2, 0) is 0 Å². The van der Waals surface area contributed by atoms with E-state index in [1.165, 1.54) is 0 Å². The number of nitrogens with zero attached hydrogens (tertiary/aromatic N) is 3. The molecule has 1 heterocycles. The van der Waals surface area contributed by atoms with Crippen LogP contribution >= 0.6 is 15.9 Å². The molecule has 0 bridgehead atoms. The van der Waals surface area contributed by atoms with E-state index in [4.69, 9.17) is 9.97 Å². The minimum atomic E-state index is 0.661. The van der Waals surface area contributed by atoms with Crippen molar-refractivity contribution < 1.29 is 0 Å². The molecule has 0 unspecified atom stereocenters. The van der Waals surface area contributed by atoms with E-state index >= 15 is 0 Å². The standard InChI is InChI=1S/C21H18BrN3/c1-3-9-15(4-2)19-23-20(16-10-6-5-7-11-16)25-21(24-19)17-12-8-13-18(22)14-17/h3-14H,1-2H3/b9-3-,15-4+. The molecule has 0 amide bonds. The Bertz CT molecular complexity index is 931. The van der Waals surface area contributed by atoms with Crippen molar-refractivity contribution >= 4 is 21.5 Å². The molecule has 0 saturated carbocycles. The number of halogens is 1. The molecule has 1 aromatic heterocycles. The summed E-state index contributed by atoms with van der Waals surface area (Å²) in [5, 5.41) is 0. The summed E-state index contributed by atoms with van der Waals surface area (Å²) in [5.41, 5.74) is 2.89. The van der Waals surface area contributed by atoms with Gasteiger partial charge in [0.05, 0.1) is 0 Å². The van der Waals surface area contributed by atoms with Gasteiger partial charge >= 0.3 is 0 Å². The van der Waals surface area contributed by atoms with Crippen LogP contribution in [-0.4, -0.2) is 15.0 Å². The zero-order valence-corrected chi connectivity index (χ0v) is 15.7. The Hall–Kier alpha value is -2.59. The van der Waals surface area contributed by atoms with Crippen LogP contribution in [0.1, 0.15) is 19.7 Å². The molecule has 0 saturated heterocycles. The molecule has 4 heteroatoms. The topological polar surface area (TPSA) is 38.7 Å². The minimum Gasteiger partial charge on any atom is -0.208 e. The van der Waals surface area contributed by atoms with Gasteiger partial charge in [0.2, 0.25) is 0 Å². The van der Waals surface area contributed by atoms with E-state index in [2.05, 4.69) is 20.9 Å². The molecule has 2 aromatic carbocycles. The zero-order valence-electron chi connectivity index (χ0n) is 14.1. The van der Waals surface area contributed by atoms with Crippen LogP contribution in [0.3, 0.4) is 0 Å². The van der Waals surface area contributed by atoms with Gasteiger partial charge in [-0.1, -0.05) is 76.6 Å². The first-order valence-electron chi connectivity index (χ1n) is 8.08. The van der Waals surface area contributed by atoms with Gasteiger partial charge in [-0.05, 0) is 26.0 Å². The van der Waals surface area contributed by atoms with E-state index in [-0.39, 0.29) is 0 Å². The summed E-state index contributed by atoms with van der Waals surface area (Å²) < 4.78 is 0.993.